The van der Waals surface area contributed by atoms with Crippen LogP contribution in [0.4, 0.5) is 0 Å². The molecule has 0 aromatic heterocycles. The zero-order valence-electron chi connectivity index (χ0n) is 28.8. The molecule has 0 radical (unpaired) electrons. The van der Waals surface area contributed by atoms with Crippen molar-refractivity contribution in [1.29, 1.82) is 0 Å². The summed E-state index contributed by atoms with van der Waals surface area (Å²) in [6.45, 7) is 6.05. The minimum Gasteiger partial charge on any atom is -0.454 e. The molecule has 2 aliphatic heterocycles. The van der Waals surface area contributed by atoms with Gasteiger partial charge in [-0.15, -0.1) is 0 Å². The molecular weight excluding hydrogens is 696 g/mol. The predicted octanol–water partition coefficient (Wildman–Crippen LogP) is 5.16. The Hall–Kier alpha value is -6.50. The summed E-state index contributed by atoms with van der Waals surface area (Å²) in [4.78, 5) is 72.5. The van der Waals surface area contributed by atoms with Gasteiger partial charge in [-0.1, -0.05) is 49.6 Å². The van der Waals surface area contributed by atoms with Crippen LogP contribution in [0.1, 0.15) is 31.8 Å². The summed E-state index contributed by atoms with van der Waals surface area (Å²) in [5, 5.41) is 3.18. The Morgan fingerprint density at radius 2 is 0.963 bits per heavy atom. The first-order chi connectivity index (χ1) is 26.1. The number of hydrogen-bond donors (Lipinski definition) is 0. The van der Waals surface area contributed by atoms with E-state index in [9.17, 15) is 28.8 Å². The highest BCUT2D eigenvalue weighted by Gasteiger charge is 2.51. The first-order valence-corrected chi connectivity index (χ1v) is 16.8. The number of rotatable bonds is 14. The molecule has 12 nitrogen and oxygen atoms in total. The number of fused-ring (bicyclic) bond motifs is 3. The average Bonchev–Trinajstić information content (AvgIpc) is 3.79. The van der Waals surface area contributed by atoms with Crippen molar-refractivity contribution in [3.63, 3.8) is 0 Å². The number of carbonyl (C=O) groups excluding carboxylic acids is 6. The molecule has 274 valence electrons. The number of carbonyl (C=O) groups is 6. The van der Waals surface area contributed by atoms with Crippen molar-refractivity contribution in [1.82, 2.24) is 0 Å². The first kappa shape index (κ1) is 37.3. The van der Waals surface area contributed by atoms with E-state index in [1.807, 2.05) is 12.1 Å². The van der Waals surface area contributed by atoms with Gasteiger partial charge in [-0.25, -0.2) is 19.2 Å². The standard InChI is InChI=1S/C42H34O12/c1-3-33(43)21-49-37(45)15-7-25-5-9-29-19-31(13-11-27(29)17-25)41(47)53-35-23-51-40-36(24-52-39(35)40)54-42(48)32-14-12-28-18-26(6-10-30(28)20-32)8-16-38(46)50-22-34(44)4-2/h3-20,35-36,39-40H,1-2,21-24H2/b15-7+,16-8+/t35-,36+,39-,40-/m1/s1. The van der Waals surface area contributed by atoms with Gasteiger partial charge in [0, 0.05) is 12.2 Å². The fourth-order valence-corrected chi connectivity index (χ4v) is 5.86. The van der Waals surface area contributed by atoms with Crippen molar-refractivity contribution < 1.29 is 57.2 Å². The number of ketones is 2. The topological polar surface area (TPSA) is 158 Å². The molecule has 6 rings (SSSR count). The lowest BCUT2D eigenvalue weighted by atomic mass is 10.0. The summed E-state index contributed by atoms with van der Waals surface area (Å²) < 4.78 is 33.0. The van der Waals surface area contributed by atoms with Gasteiger partial charge >= 0.3 is 23.9 Å². The monoisotopic (exact) mass is 730 g/mol. The van der Waals surface area contributed by atoms with E-state index >= 15 is 0 Å². The maximum Gasteiger partial charge on any atom is 0.338 e. The van der Waals surface area contributed by atoms with E-state index in [0.717, 1.165) is 33.7 Å². The molecule has 2 heterocycles. The van der Waals surface area contributed by atoms with Gasteiger partial charge in [0.25, 0.3) is 0 Å². The molecule has 2 fully saturated rings. The number of esters is 4. The Bertz CT molecular complexity index is 2070. The first-order valence-electron chi connectivity index (χ1n) is 16.8. The lowest BCUT2D eigenvalue weighted by Gasteiger charge is -2.17. The molecule has 12 heteroatoms. The van der Waals surface area contributed by atoms with Gasteiger partial charge in [0.2, 0.25) is 0 Å². The van der Waals surface area contributed by atoms with Crippen molar-refractivity contribution in [2.75, 3.05) is 26.4 Å². The second kappa shape index (κ2) is 16.9. The Morgan fingerprint density at radius 3 is 1.37 bits per heavy atom. The Kier molecular flexibility index (Phi) is 11.7. The van der Waals surface area contributed by atoms with Crippen LogP contribution >= 0.6 is 0 Å². The smallest absolute Gasteiger partial charge is 0.338 e. The normalized spacial score (nSPS) is 19.0. The number of hydrogen-bond acceptors (Lipinski definition) is 12. The highest BCUT2D eigenvalue weighted by atomic mass is 16.7. The minimum atomic E-state index is -0.712. The zero-order chi connectivity index (χ0) is 38.2. The molecule has 0 aliphatic carbocycles. The summed E-state index contributed by atoms with van der Waals surface area (Å²) >= 11 is 0. The molecule has 0 unspecified atom stereocenters. The number of benzene rings is 4. The van der Waals surface area contributed by atoms with Crippen LogP contribution in [0.2, 0.25) is 0 Å². The van der Waals surface area contributed by atoms with Gasteiger partial charge in [0.15, 0.2) is 37.0 Å². The average molecular weight is 731 g/mol. The van der Waals surface area contributed by atoms with Crippen molar-refractivity contribution >= 4 is 69.1 Å². The van der Waals surface area contributed by atoms with E-state index in [-0.39, 0.29) is 26.4 Å². The van der Waals surface area contributed by atoms with Gasteiger partial charge in [0.1, 0.15) is 12.2 Å². The van der Waals surface area contributed by atoms with Gasteiger partial charge in [-0.2, -0.15) is 0 Å². The molecule has 0 spiro atoms. The Labute approximate surface area is 309 Å². The van der Waals surface area contributed by atoms with Crippen LogP contribution in [0.5, 0.6) is 0 Å². The van der Waals surface area contributed by atoms with E-state index in [4.69, 9.17) is 28.4 Å². The fourth-order valence-electron chi connectivity index (χ4n) is 5.86. The Balaban J connectivity index is 1.01. The third-order valence-corrected chi connectivity index (χ3v) is 8.67. The van der Waals surface area contributed by atoms with Crippen LogP contribution in [0, 0.1) is 0 Å². The maximum atomic E-state index is 13.2. The molecule has 4 aromatic rings. The molecule has 4 atom stereocenters. The third kappa shape index (κ3) is 9.10. The van der Waals surface area contributed by atoms with Crippen LogP contribution in [0.25, 0.3) is 33.7 Å². The quantitative estimate of drug-likeness (QED) is 0.0955. The maximum absolute atomic E-state index is 13.2. The van der Waals surface area contributed by atoms with Gasteiger partial charge in [-0.3, -0.25) is 9.59 Å². The molecule has 0 N–H and O–H groups in total. The molecular formula is C42H34O12. The highest BCUT2D eigenvalue weighted by molar-refractivity contribution is 5.98. The summed E-state index contributed by atoms with van der Waals surface area (Å²) in [6.07, 6.45) is 5.07. The van der Waals surface area contributed by atoms with Gasteiger partial charge in [0.05, 0.1) is 24.3 Å². The van der Waals surface area contributed by atoms with Crippen molar-refractivity contribution in [2.45, 2.75) is 24.4 Å². The highest BCUT2D eigenvalue weighted by Crippen LogP contribution is 2.32. The SMILES string of the molecule is C=CC(=O)COC(=O)/C=C/c1ccc2cc(C(=O)O[C@H]3CO[C@H]4[C@@H]3OC[C@H]4OC(=O)c3ccc4cc(/C=C/C(=O)OCC(=O)C=C)ccc4c3)ccc2c1. The van der Waals surface area contributed by atoms with Gasteiger partial charge < -0.3 is 28.4 Å². The predicted molar refractivity (Wildman–Crippen MR) is 196 cm³/mol. The Morgan fingerprint density at radius 1 is 0.574 bits per heavy atom. The summed E-state index contributed by atoms with van der Waals surface area (Å²) in [6, 6.07) is 21.0. The molecule has 0 bridgehead atoms. The zero-order valence-corrected chi connectivity index (χ0v) is 28.8. The largest absolute Gasteiger partial charge is 0.454 e. The summed E-state index contributed by atoms with van der Waals surface area (Å²) in [5.41, 5.74) is 2.08. The van der Waals surface area contributed by atoms with Crippen LogP contribution in [-0.2, 0) is 47.6 Å². The molecule has 2 saturated heterocycles. The lowest BCUT2D eigenvalue weighted by Crippen LogP contribution is -2.36. The van der Waals surface area contributed by atoms with Crippen LogP contribution in [0.3, 0.4) is 0 Å². The van der Waals surface area contributed by atoms with Crippen molar-refractivity contribution in [3.8, 4) is 0 Å². The van der Waals surface area contributed by atoms with Gasteiger partial charge in [-0.05, 0) is 93.4 Å². The van der Waals surface area contributed by atoms with Crippen LogP contribution in [0.15, 0.2) is 110 Å². The van der Waals surface area contributed by atoms with E-state index in [2.05, 4.69) is 13.2 Å². The molecule has 54 heavy (non-hydrogen) atoms. The van der Waals surface area contributed by atoms with E-state index in [1.54, 1.807) is 72.8 Å². The summed E-state index contributed by atoms with van der Waals surface area (Å²) in [5.74, 6) is -3.24. The van der Waals surface area contributed by atoms with Crippen LogP contribution < -0.4 is 0 Å². The van der Waals surface area contributed by atoms with E-state index in [0.29, 0.717) is 22.3 Å². The molecule has 0 saturated carbocycles. The van der Waals surface area contributed by atoms with Crippen LogP contribution in [-0.4, -0.2) is 86.3 Å². The summed E-state index contributed by atoms with van der Waals surface area (Å²) in [7, 11) is 0. The lowest BCUT2D eigenvalue weighted by molar-refractivity contribution is -0.142. The van der Waals surface area contributed by atoms with E-state index < -0.39 is 59.9 Å². The molecule has 0 amide bonds. The van der Waals surface area contributed by atoms with E-state index in [1.165, 1.54) is 12.2 Å². The fraction of sp³-hybridized carbons (Fsp3) is 0.190. The minimum absolute atomic E-state index is 0.0695. The number of ether oxygens (including phenoxy) is 6. The van der Waals surface area contributed by atoms with Crippen molar-refractivity contribution in [2.24, 2.45) is 0 Å². The second-order valence-electron chi connectivity index (χ2n) is 12.3. The van der Waals surface area contributed by atoms with Crippen molar-refractivity contribution in [3.05, 3.63) is 133 Å². The molecule has 2 aliphatic rings. The molecule has 4 aromatic carbocycles. The third-order valence-electron chi connectivity index (χ3n) is 8.67. The second-order valence-corrected chi connectivity index (χ2v) is 12.3.